The molecule has 268 valence electrons. The molecule has 0 unspecified atom stereocenters. The van der Waals surface area contributed by atoms with Crippen molar-refractivity contribution in [2.75, 3.05) is 51.1 Å². The number of ether oxygens (including phenoxy) is 2. The van der Waals surface area contributed by atoms with Crippen LogP contribution < -0.4 is 14.8 Å². The number of aryl methyl sites for hydroxylation is 1. The summed E-state index contributed by atoms with van der Waals surface area (Å²) in [4.78, 5) is 39.1. The molecule has 1 aliphatic rings. The van der Waals surface area contributed by atoms with Crippen molar-refractivity contribution in [1.29, 1.82) is 0 Å². The molecule has 5 rings (SSSR count). The fourth-order valence-electron chi connectivity index (χ4n) is 5.42. The Balaban J connectivity index is 1.23. The third-order valence-corrected chi connectivity index (χ3v) is 10.7. The van der Waals surface area contributed by atoms with Crippen LogP contribution in [0.25, 0.3) is 11.1 Å². The number of anilines is 1. The van der Waals surface area contributed by atoms with Gasteiger partial charge in [0.25, 0.3) is 21.6 Å². The average Bonchev–Trinajstić information content (AvgIpc) is 3.15. The number of hydrogen-bond donors (Lipinski definition) is 3. The summed E-state index contributed by atoms with van der Waals surface area (Å²) in [5.41, 5.74) is 1.93. The monoisotopic (exact) mass is 734 g/mol. The number of nitro groups is 1. The van der Waals surface area contributed by atoms with E-state index in [2.05, 4.69) is 5.32 Å². The van der Waals surface area contributed by atoms with Crippen molar-refractivity contribution < 1.29 is 37.5 Å². The van der Waals surface area contributed by atoms with E-state index in [1.807, 2.05) is 53.3 Å². The molecule has 1 atom stereocenters. The number of amides is 2. The number of morpholine rings is 1. The second kappa shape index (κ2) is 17.3. The minimum Gasteiger partial charge on any atom is -0.496 e. The Labute approximate surface area is 300 Å². The van der Waals surface area contributed by atoms with Crippen molar-refractivity contribution >= 4 is 45.0 Å². The highest BCUT2D eigenvalue weighted by Crippen LogP contribution is 2.32. The van der Waals surface area contributed by atoms with Gasteiger partial charge in [-0.05, 0) is 60.0 Å². The minimum absolute atomic E-state index is 0.0264. The second-order valence-electron chi connectivity index (χ2n) is 11.6. The molecule has 2 amide bonds. The van der Waals surface area contributed by atoms with E-state index in [9.17, 15) is 33.2 Å². The van der Waals surface area contributed by atoms with Crippen LogP contribution in [0.5, 0.6) is 5.75 Å². The van der Waals surface area contributed by atoms with Gasteiger partial charge in [-0.25, -0.2) is 13.1 Å². The molecule has 51 heavy (non-hydrogen) atoms. The summed E-state index contributed by atoms with van der Waals surface area (Å²) in [6.07, 6.45) is 0.905. The van der Waals surface area contributed by atoms with Crippen molar-refractivity contribution in [2.45, 2.75) is 28.7 Å². The molecule has 13 nitrogen and oxygen atoms in total. The second-order valence-corrected chi connectivity index (χ2v) is 14.4. The maximum absolute atomic E-state index is 13.2. The van der Waals surface area contributed by atoms with Gasteiger partial charge in [-0.15, -0.1) is 11.8 Å². The number of rotatable bonds is 15. The summed E-state index contributed by atoms with van der Waals surface area (Å²) in [6.45, 7) is 1.96. The van der Waals surface area contributed by atoms with Crippen LogP contribution >= 0.6 is 11.8 Å². The molecular formula is C36H38N4O9S2. The zero-order valence-corrected chi connectivity index (χ0v) is 29.5. The molecule has 4 aromatic rings. The first-order valence-corrected chi connectivity index (χ1v) is 18.6. The topological polar surface area (TPSA) is 177 Å². The Hall–Kier alpha value is -4.96. The van der Waals surface area contributed by atoms with E-state index >= 15 is 0 Å². The molecule has 15 heteroatoms. The van der Waals surface area contributed by atoms with Gasteiger partial charge in [-0.2, -0.15) is 0 Å². The number of carbonyl (C=O) groups is 2. The van der Waals surface area contributed by atoms with Crippen molar-refractivity contribution in [3.63, 3.8) is 0 Å². The molecule has 1 aliphatic heterocycles. The zero-order valence-electron chi connectivity index (χ0n) is 27.8. The predicted molar refractivity (Wildman–Crippen MR) is 194 cm³/mol. The number of hydrogen-bond acceptors (Lipinski definition) is 11. The standard InChI is InChI=1S/C36H38N4O9S2/c1-48-34-21-25(8-16-35(42)39-17-19-49-20-18-39)7-14-31(34)26-9-11-27(12-10-26)36(43)38-51(46,47)30-13-15-32(33(22-30)40(44)45)37-28(23-41)24-50-29-5-3-2-4-6-29/h2-7,9-15,21-22,28,37,41H,8,16-20,23-24H2,1H3,(H,38,43)/t28-/m1/s1. The summed E-state index contributed by atoms with van der Waals surface area (Å²) in [5, 5.41) is 24.7. The third-order valence-electron chi connectivity index (χ3n) is 8.19. The number of aliphatic hydroxyl groups excluding tert-OH is 1. The largest absolute Gasteiger partial charge is 0.496 e. The quantitative estimate of drug-likeness (QED) is 0.0873. The van der Waals surface area contributed by atoms with Crippen molar-refractivity contribution in [1.82, 2.24) is 9.62 Å². The highest BCUT2D eigenvalue weighted by atomic mass is 32.2. The fourth-order valence-corrected chi connectivity index (χ4v) is 7.34. The molecule has 0 bridgehead atoms. The van der Waals surface area contributed by atoms with Crippen LogP contribution in [0.3, 0.4) is 0 Å². The van der Waals surface area contributed by atoms with Crippen molar-refractivity contribution in [3.8, 4) is 16.9 Å². The zero-order chi connectivity index (χ0) is 36.4. The number of nitro benzene ring substituents is 1. The van der Waals surface area contributed by atoms with Crippen molar-refractivity contribution in [2.24, 2.45) is 0 Å². The number of thioether (sulfide) groups is 1. The van der Waals surface area contributed by atoms with Crippen LogP contribution in [-0.2, 0) is 26.0 Å². The minimum atomic E-state index is -4.50. The van der Waals surface area contributed by atoms with E-state index in [0.717, 1.165) is 28.2 Å². The lowest BCUT2D eigenvalue weighted by Gasteiger charge is -2.26. The van der Waals surface area contributed by atoms with E-state index in [4.69, 9.17) is 9.47 Å². The molecule has 0 aliphatic carbocycles. The predicted octanol–water partition coefficient (Wildman–Crippen LogP) is 4.75. The van der Waals surface area contributed by atoms with Crippen LogP contribution in [0, 0.1) is 10.1 Å². The van der Waals surface area contributed by atoms with Crippen LogP contribution in [0.2, 0.25) is 0 Å². The Bertz CT molecular complexity index is 1950. The molecular weight excluding hydrogens is 697 g/mol. The van der Waals surface area contributed by atoms with Gasteiger partial charge in [0, 0.05) is 47.4 Å². The smallest absolute Gasteiger partial charge is 0.293 e. The first kappa shape index (κ1) is 37.3. The molecule has 1 fully saturated rings. The van der Waals surface area contributed by atoms with Gasteiger partial charge in [-0.1, -0.05) is 42.5 Å². The summed E-state index contributed by atoms with van der Waals surface area (Å²) >= 11 is 1.45. The van der Waals surface area contributed by atoms with E-state index in [1.165, 1.54) is 37.1 Å². The fraction of sp³-hybridized carbons (Fsp3) is 0.278. The molecule has 1 heterocycles. The molecule has 0 saturated carbocycles. The number of nitrogens with zero attached hydrogens (tertiary/aromatic N) is 2. The van der Waals surface area contributed by atoms with Crippen LogP contribution in [-0.4, -0.2) is 87.0 Å². The Morgan fingerprint density at radius 1 is 1.02 bits per heavy atom. The number of carbonyl (C=O) groups excluding carboxylic acids is 2. The summed E-state index contributed by atoms with van der Waals surface area (Å²) < 4.78 is 39.2. The first-order chi connectivity index (χ1) is 24.6. The number of benzene rings is 4. The van der Waals surface area contributed by atoms with E-state index < -0.39 is 37.5 Å². The van der Waals surface area contributed by atoms with E-state index in [-0.39, 0.29) is 23.8 Å². The van der Waals surface area contributed by atoms with Crippen molar-refractivity contribution in [3.05, 3.63) is 112 Å². The third kappa shape index (κ3) is 9.85. The molecule has 3 N–H and O–H groups in total. The Kier molecular flexibility index (Phi) is 12.7. The maximum Gasteiger partial charge on any atom is 0.293 e. The normalized spacial score (nSPS) is 13.6. The number of aliphatic hydroxyl groups is 1. The van der Waals surface area contributed by atoms with Gasteiger partial charge in [0.1, 0.15) is 11.4 Å². The Morgan fingerprint density at radius 2 is 1.75 bits per heavy atom. The Morgan fingerprint density at radius 3 is 2.41 bits per heavy atom. The van der Waals surface area contributed by atoms with Crippen LogP contribution in [0.15, 0.2) is 101 Å². The average molecular weight is 735 g/mol. The number of nitrogens with one attached hydrogen (secondary N) is 2. The molecule has 1 saturated heterocycles. The van der Waals surface area contributed by atoms with E-state index in [0.29, 0.717) is 56.2 Å². The SMILES string of the molecule is COc1cc(CCC(=O)N2CCOCC2)ccc1-c1ccc(C(=O)NS(=O)(=O)c2ccc(N[C@H](CO)CSc3ccccc3)c([N+](=O)[O-])c2)cc1. The molecule has 4 aromatic carbocycles. The lowest BCUT2D eigenvalue weighted by Crippen LogP contribution is -2.40. The van der Waals surface area contributed by atoms with E-state index in [1.54, 1.807) is 17.0 Å². The molecule has 0 spiro atoms. The van der Waals surface area contributed by atoms with Gasteiger partial charge in [0.05, 0.1) is 42.8 Å². The lowest BCUT2D eigenvalue weighted by molar-refractivity contribution is -0.384. The number of methoxy groups -OCH3 is 1. The van der Waals surface area contributed by atoms with Gasteiger partial charge < -0.3 is 24.8 Å². The first-order valence-electron chi connectivity index (χ1n) is 16.1. The summed E-state index contributed by atoms with van der Waals surface area (Å²) in [6, 6.07) is 24.0. The highest BCUT2D eigenvalue weighted by Gasteiger charge is 2.25. The summed E-state index contributed by atoms with van der Waals surface area (Å²) in [5.74, 6) is 0.121. The van der Waals surface area contributed by atoms with Crippen LogP contribution in [0.1, 0.15) is 22.3 Å². The van der Waals surface area contributed by atoms with Gasteiger partial charge in [-0.3, -0.25) is 19.7 Å². The summed E-state index contributed by atoms with van der Waals surface area (Å²) in [7, 11) is -2.96. The van der Waals surface area contributed by atoms with Gasteiger partial charge >= 0.3 is 0 Å². The van der Waals surface area contributed by atoms with Gasteiger partial charge in [0.2, 0.25) is 5.91 Å². The maximum atomic E-state index is 13.2. The molecule has 0 radical (unpaired) electrons. The highest BCUT2D eigenvalue weighted by molar-refractivity contribution is 7.99. The van der Waals surface area contributed by atoms with Crippen LogP contribution in [0.4, 0.5) is 11.4 Å². The lowest BCUT2D eigenvalue weighted by atomic mass is 9.99. The van der Waals surface area contributed by atoms with Gasteiger partial charge in [0.15, 0.2) is 0 Å². The molecule has 0 aromatic heterocycles. The number of sulfonamides is 1.